The van der Waals surface area contributed by atoms with E-state index < -0.39 is 5.97 Å². The van der Waals surface area contributed by atoms with Gasteiger partial charge in [-0.3, -0.25) is 4.79 Å². The Morgan fingerprint density at radius 1 is 1.88 bits per heavy atom. The highest BCUT2D eigenvalue weighted by molar-refractivity contribution is 5.69. The molecule has 1 atom stereocenters. The Balaban J connectivity index is 3.32. The van der Waals surface area contributed by atoms with Gasteiger partial charge in [-0.25, -0.2) is 0 Å². The van der Waals surface area contributed by atoms with Crippen molar-refractivity contribution >= 4 is 5.97 Å². The molecule has 48 valence electrons. The summed E-state index contributed by atoms with van der Waals surface area (Å²) in [5.41, 5.74) is 0. The summed E-state index contributed by atoms with van der Waals surface area (Å²) in [5.74, 6) is -1.03. The predicted octanol–water partition coefficient (Wildman–Crippen LogP) is -0.0735. The van der Waals surface area contributed by atoms with Crippen LogP contribution < -0.4 is 5.32 Å². The summed E-state index contributed by atoms with van der Waals surface area (Å²) < 4.78 is 0. The van der Waals surface area contributed by atoms with Gasteiger partial charge >= 0.3 is 5.97 Å². The van der Waals surface area contributed by atoms with Crippen LogP contribution in [0.15, 0.2) is 0 Å². The highest BCUT2D eigenvalue weighted by Crippen LogP contribution is 1.89. The molecule has 3 heteroatoms. The lowest BCUT2D eigenvalue weighted by atomic mass is 10.2. The molecule has 0 saturated heterocycles. The molecule has 0 aromatic carbocycles. The molecule has 0 saturated carbocycles. The van der Waals surface area contributed by atoms with Crippen molar-refractivity contribution in [1.82, 2.24) is 5.32 Å². The molecule has 0 aromatic heterocycles. The van der Waals surface area contributed by atoms with E-state index in [4.69, 9.17) is 5.11 Å². The van der Waals surface area contributed by atoms with E-state index in [1.54, 1.807) is 14.0 Å². The van der Waals surface area contributed by atoms with Crippen LogP contribution in [0.25, 0.3) is 0 Å². The average Bonchev–Trinajstić information content (AvgIpc) is 1.67. The van der Waals surface area contributed by atoms with Crippen LogP contribution in [0.5, 0.6) is 0 Å². The third-order valence-electron chi connectivity index (χ3n) is 0.932. The molecule has 0 rings (SSSR count). The molecule has 0 unspecified atom stereocenters. The summed E-state index contributed by atoms with van der Waals surface area (Å²) in [5, 5.41) is 11.0. The molecule has 0 bridgehead atoms. The topological polar surface area (TPSA) is 49.3 Å². The van der Waals surface area contributed by atoms with E-state index in [-0.39, 0.29) is 5.92 Å². The first-order valence-electron chi connectivity index (χ1n) is 2.56. The molecule has 0 amide bonds. The van der Waals surface area contributed by atoms with Crippen molar-refractivity contribution in [3.63, 3.8) is 0 Å². The second-order valence-corrected chi connectivity index (χ2v) is 1.80. The Kier molecular flexibility index (Phi) is 3.19. The van der Waals surface area contributed by atoms with Crippen molar-refractivity contribution < 1.29 is 9.90 Å². The van der Waals surface area contributed by atoms with E-state index in [0.29, 0.717) is 6.54 Å². The third-order valence-corrected chi connectivity index (χ3v) is 0.932. The molecular weight excluding hydrogens is 106 g/mol. The number of nitrogens with one attached hydrogen (secondary N) is 1. The summed E-state index contributed by atoms with van der Waals surface area (Å²) in [4.78, 5) is 10.0. The maximum atomic E-state index is 10.0. The van der Waals surface area contributed by atoms with Crippen molar-refractivity contribution in [1.29, 1.82) is 0 Å². The van der Waals surface area contributed by atoms with Crippen LogP contribution in [0, 0.1) is 5.92 Å². The summed E-state index contributed by atoms with van der Waals surface area (Å²) in [6.07, 6.45) is 0. The molecule has 0 aliphatic carbocycles. The van der Waals surface area contributed by atoms with Gasteiger partial charge in [-0.2, -0.15) is 0 Å². The van der Waals surface area contributed by atoms with Gasteiger partial charge in [0.1, 0.15) is 0 Å². The van der Waals surface area contributed by atoms with Crippen LogP contribution in [0.3, 0.4) is 0 Å². The Labute approximate surface area is 48.7 Å². The number of carbonyl (C=O) groups is 1. The van der Waals surface area contributed by atoms with Gasteiger partial charge in [0.25, 0.3) is 0 Å². The van der Waals surface area contributed by atoms with Crippen molar-refractivity contribution in [2.75, 3.05) is 13.6 Å². The van der Waals surface area contributed by atoms with Gasteiger partial charge in [-0.15, -0.1) is 0 Å². The van der Waals surface area contributed by atoms with Gasteiger partial charge in [-0.1, -0.05) is 6.92 Å². The fraction of sp³-hybridized carbons (Fsp3) is 0.800. The molecule has 3 nitrogen and oxygen atoms in total. The Morgan fingerprint density at radius 2 is 2.38 bits per heavy atom. The largest absolute Gasteiger partial charge is 0.481 e. The normalized spacial score (nSPS) is 13.2. The first kappa shape index (κ1) is 7.43. The van der Waals surface area contributed by atoms with Crippen molar-refractivity contribution in [3.05, 3.63) is 0 Å². The zero-order valence-corrected chi connectivity index (χ0v) is 5.14. The highest BCUT2D eigenvalue weighted by Gasteiger charge is 2.07. The second kappa shape index (κ2) is 3.43. The minimum absolute atomic E-state index is 0.278. The maximum absolute atomic E-state index is 10.0. The standard InChI is InChI=1S/C5H11NO2/c1-4(3-6-2)5(7)8/h4,6H,3H2,1-2H3,(H,7,8)/t4-/m0/s1. The quantitative estimate of drug-likeness (QED) is 0.544. The van der Waals surface area contributed by atoms with Gasteiger partial charge in [-0.05, 0) is 7.05 Å². The van der Waals surface area contributed by atoms with E-state index in [0.717, 1.165) is 0 Å². The van der Waals surface area contributed by atoms with Gasteiger partial charge in [0.2, 0.25) is 0 Å². The fourth-order valence-corrected chi connectivity index (χ4v) is 0.393. The van der Waals surface area contributed by atoms with Crippen LogP contribution in [-0.4, -0.2) is 24.7 Å². The third kappa shape index (κ3) is 2.58. The van der Waals surface area contributed by atoms with E-state index in [1.807, 2.05) is 0 Å². The molecule has 0 aliphatic rings. The van der Waals surface area contributed by atoms with Gasteiger partial charge in [0.05, 0.1) is 5.92 Å². The summed E-state index contributed by atoms with van der Waals surface area (Å²) in [6.45, 7) is 2.20. The van der Waals surface area contributed by atoms with Crippen LogP contribution in [-0.2, 0) is 4.79 Å². The van der Waals surface area contributed by atoms with Crippen LogP contribution >= 0.6 is 0 Å². The average molecular weight is 117 g/mol. The monoisotopic (exact) mass is 117 g/mol. The second-order valence-electron chi connectivity index (χ2n) is 1.80. The van der Waals surface area contributed by atoms with Crippen molar-refractivity contribution in [2.45, 2.75) is 6.92 Å². The number of hydrogen-bond acceptors (Lipinski definition) is 2. The lowest BCUT2D eigenvalue weighted by Crippen LogP contribution is -2.22. The molecule has 8 heavy (non-hydrogen) atoms. The molecule has 0 spiro atoms. The van der Waals surface area contributed by atoms with E-state index in [9.17, 15) is 4.79 Å². The molecular formula is C5H11NO2. The number of hydrogen-bond donors (Lipinski definition) is 2. The minimum atomic E-state index is -0.751. The van der Waals surface area contributed by atoms with E-state index >= 15 is 0 Å². The molecule has 0 aliphatic heterocycles. The van der Waals surface area contributed by atoms with E-state index in [2.05, 4.69) is 5.32 Å². The van der Waals surface area contributed by atoms with Crippen LogP contribution in [0.1, 0.15) is 6.92 Å². The van der Waals surface area contributed by atoms with Gasteiger partial charge in [0, 0.05) is 6.54 Å². The lowest BCUT2D eigenvalue weighted by molar-refractivity contribution is -0.140. The summed E-state index contributed by atoms with van der Waals surface area (Å²) in [6, 6.07) is 0. The SMILES string of the molecule is CNC[C@H](C)C(=O)O. The zero-order chi connectivity index (χ0) is 6.57. The number of carboxylic acid groups (broad SMARTS) is 1. The minimum Gasteiger partial charge on any atom is -0.481 e. The number of aliphatic carboxylic acids is 1. The summed E-state index contributed by atoms with van der Waals surface area (Å²) >= 11 is 0. The fourth-order valence-electron chi connectivity index (χ4n) is 0.393. The maximum Gasteiger partial charge on any atom is 0.307 e. The van der Waals surface area contributed by atoms with Gasteiger partial charge in [0.15, 0.2) is 0 Å². The number of carboxylic acids is 1. The molecule has 0 fully saturated rings. The first-order chi connectivity index (χ1) is 3.68. The van der Waals surface area contributed by atoms with Gasteiger partial charge < -0.3 is 10.4 Å². The van der Waals surface area contributed by atoms with E-state index in [1.165, 1.54) is 0 Å². The van der Waals surface area contributed by atoms with Crippen molar-refractivity contribution in [3.8, 4) is 0 Å². The Bertz CT molecular complexity index is 82.5. The Hall–Kier alpha value is -0.570. The summed E-state index contributed by atoms with van der Waals surface area (Å²) in [7, 11) is 1.74. The van der Waals surface area contributed by atoms with Crippen LogP contribution in [0.4, 0.5) is 0 Å². The lowest BCUT2D eigenvalue weighted by Gasteiger charge is -2.01. The molecule has 0 heterocycles. The first-order valence-corrected chi connectivity index (χ1v) is 2.56. The zero-order valence-electron chi connectivity index (χ0n) is 5.14. The van der Waals surface area contributed by atoms with Crippen molar-refractivity contribution in [2.24, 2.45) is 5.92 Å². The molecule has 0 aromatic rings. The smallest absolute Gasteiger partial charge is 0.307 e. The highest BCUT2D eigenvalue weighted by atomic mass is 16.4. The predicted molar refractivity (Wildman–Crippen MR) is 30.7 cm³/mol. The molecule has 0 radical (unpaired) electrons. The molecule has 2 N–H and O–H groups in total. The number of rotatable bonds is 3. The Morgan fingerprint density at radius 3 is 2.50 bits per heavy atom. The van der Waals surface area contributed by atoms with Crippen LogP contribution in [0.2, 0.25) is 0 Å².